The molecule has 4 nitrogen and oxygen atoms in total. The van der Waals surface area contributed by atoms with E-state index in [1.807, 2.05) is 13.0 Å². The average molecular weight is 206 g/mol. The maximum atomic E-state index is 11.5. The first kappa shape index (κ1) is 9.71. The van der Waals surface area contributed by atoms with E-state index in [2.05, 4.69) is 0 Å². The van der Waals surface area contributed by atoms with E-state index in [1.54, 1.807) is 12.1 Å². The molecule has 0 aromatic heterocycles. The zero-order valence-corrected chi connectivity index (χ0v) is 8.19. The molecule has 78 valence electrons. The SMILES string of the molecule is Cc1ccc2c(c1)C(=O)O[C@@H](C(=O)O)C2. The van der Waals surface area contributed by atoms with Crippen molar-refractivity contribution in [2.45, 2.75) is 19.4 Å². The number of rotatable bonds is 1. The molecule has 0 aliphatic carbocycles. The van der Waals surface area contributed by atoms with E-state index < -0.39 is 18.0 Å². The molecule has 0 amide bonds. The molecule has 0 spiro atoms. The molecule has 2 rings (SSSR count). The van der Waals surface area contributed by atoms with Crippen LogP contribution in [0.1, 0.15) is 21.5 Å². The van der Waals surface area contributed by atoms with Gasteiger partial charge in [0.25, 0.3) is 0 Å². The third-order valence-corrected chi connectivity index (χ3v) is 2.42. The molecule has 0 bridgehead atoms. The third-order valence-electron chi connectivity index (χ3n) is 2.42. The number of carbonyl (C=O) groups is 2. The molecular formula is C11H10O4. The molecule has 0 unspecified atom stereocenters. The van der Waals surface area contributed by atoms with E-state index in [-0.39, 0.29) is 6.42 Å². The molecule has 0 radical (unpaired) electrons. The minimum absolute atomic E-state index is 0.247. The van der Waals surface area contributed by atoms with Gasteiger partial charge in [0.2, 0.25) is 6.10 Å². The van der Waals surface area contributed by atoms with E-state index in [0.29, 0.717) is 5.56 Å². The van der Waals surface area contributed by atoms with Gasteiger partial charge in [-0.05, 0) is 18.6 Å². The van der Waals surface area contributed by atoms with E-state index >= 15 is 0 Å². The Morgan fingerprint density at radius 3 is 2.93 bits per heavy atom. The molecule has 1 atom stereocenters. The lowest BCUT2D eigenvalue weighted by atomic mass is 9.97. The first-order chi connectivity index (χ1) is 7.08. The summed E-state index contributed by atoms with van der Waals surface area (Å²) in [6.45, 7) is 1.87. The number of esters is 1. The predicted octanol–water partition coefficient (Wildman–Crippen LogP) is 1.16. The molecule has 1 aromatic carbocycles. The van der Waals surface area contributed by atoms with E-state index in [4.69, 9.17) is 9.84 Å². The number of ether oxygens (including phenoxy) is 1. The number of carbonyl (C=O) groups excluding carboxylic acids is 1. The van der Waals surface area contributed by atoms with Crippen molar-refractivity contribution in [3.8, 4) is 0 Å². The lowest BCUT2D eigenvalue weighted by Gasteiger charge is -2.21. The molecule has 0 saturated carbocycles. The number of cyclic esters (lactones) is 1. The maximum Gasteiger partial charge on any atom is 0.345 e. The largest absolute Gasteiger partial charge is 0.478 e. The van der Waals surface area contributed by atoms with Crippen LogP contribution in [-0.2, 0) is 16.0 Å². The number of benzene rings is 1. The Kier molecular flexibility index (Phi) is 2.19. The summed E-state index contributed by atoms with van der Waals surface area (Å²) in [5.74, 6) is -1.65. The van der Waals surface area contributed by atoms with Crippen LogP contribution in [0.15, 0.2) is 18.2 Å². The fraction of sp³-hybridized carbons (Fsp3) is 0.273. The predicted molar refractivity (Wildman–Crippen MR) is 51.7 cm³/mol. The molecule has 1 heterocycles. The van der Waals surface area contributed by atoms with Crippen LogP contribution in [0.2, 0.25) is 0 Å². The van der Waals surface area contributed by atoms with E-state index in [1.165, 1.54) is 0 Å². The monoisotopic (exact) mass is 206 g/mol. The highest BCUT2D eigenvalue weighted by Crippen LogP contribution is 2.21. The highest BCUT2D eigenvalue weighted by atomic mass is 16.6. The zero-order chi connectivity index (χ0) is 11.0. The summed E-state index contributed by atoms with van der Waals surface area (Å²) in [5, 5.41) is 8.76. The Morgan fingerprint density at radius 2 is 2.27 bits per heavy atom. The molecule has 1 N–H and O–H groups in total. The number of carboxylic acid groups (broad SMARTS) is 1. The Labute approximate surface area is 86.5 Å². The Bertz CT molecular complexity index is 436. The summed E-state index contributed by atoms with van der Waals surface area (Å²) in [6.07, 6.45) is -0.802. The second kappa shape index (κ2) is 3.38. The normalized spacial score (nSPS) is 19.3. The van der Waals surface area contributed by atoms with Crippen LogP contribution in [0.25, 0.3) is 0 Å². The van der Waals surface area contributed by atoms with Crippen molar-refractivity contribution in [1.29, 1.82) is 0 Å². The quantitative estimate of drug-likeness (QED) is 0.700. The lowest BCUT2D eigenvalue weighted by Crippen LogP contribution is -2.34. The molecule has 1 aliphatic heterocycles. The number of aliphatic carboxylic acids is 1. The van der Waals surface area contributed by atoms with Crippen molar-refractivity contribution in [3.63, 3.8) is 0 Å². The van der Waals surface area contributed by atoms with Gasteiger partial charge >= 0.3 is 11.9 Å². The van der Waals surface area contributed by atoms with Crippen molar-refractivity contribution in [1.82, 2.24) is 0 Å². The summed E-state index contributed by atoms with van der Waals surface area (Å²) < 4.78 is 4.79. The summed E-state index contributed by atoms with van der Waals surface area (Å²) in [7, 11) is 0. The van der Waals surface area contributed by atoms with Crippen LogP contribution >= 0.6 is 0 Å². The minimum Gasteiger partial charge on any atom is -0.478 e. The van der Waals surface area contributed by atoms with Gasteiger partial charge < -0.3 is 9.84 Å². The number of hydrogen-bond donors (Lipinski definition) is 1. The van der Waals surface area contributed by atoms with Crippen LogP contribution < -0.4 is 0 Å². The number of aryl methyl sites for hydroxylation is 1. The lowest BCUT2D eigenvalue weighted by molar-refractivity contribution is -0.147. The van der Waals surface area contributed by atoms with Crippen molar-refractivity contribution < 1.29 is 19.4 Å². The topological polar surface area (TPSA) is 63.6 Å². The number of carboxylic acids is 1. The van der Waals surface area contributed by atoms with Crippen LogP contribution in [0.5, 0.6) is 0 Å². The smallest absolute Gasteiger partial charge is 0.345 e. The Morgan fingerprint density at radius 1 is 1.53 bits per heavy atom. The molecular weight excluding hydrogens is 196 g/mol. The third kappa shape index (κ3) is 1.70. The number of fused-ring (bicyclic) bond motifs is 1. The van der Waals surface area contributed by atoms with Gasteiger partial charge in [-0.25, -0.2) is 9.59 Å². The first-order valence-corrected chi connectivity index (χ1v) is 4.61. The molecule has 1 aliphatic rings. The Hall–Kier alpha value is -1.84. The van der Waals surface area contributed by atoms with Gasteiger partial charge in [0.1, 0.15) is 0 Å². The molecule has 0 saturated heterocycles. The fourth-order valence-corrected chi connectivity index (χ4v) is 1.63. The summed E-state index contributed by atoms with van der Waals surface area (Å²) in [4.78, 5) is 22.2. The van der Waals surface area contributed by atoms with Crippen molar-refractivity contribution >= 4 is 11.9 Å². The highest BCUT2D eigenvalue weighted by Gasteiger charge is 2.30. The van der Waals surface area contributed by atoms with Crippen molar-refractivity contribution in [3.05, 3.63) is 34.9 Å². The van der Waals surface area contributed by atoms with Gasteiger partial charge in [-0.15, -0.1) is 0 Å². The molecule has 0 fully saturated rings. The van der Waals surface area contributed by atoms with E-state index in [0.717, 1.165) is 11.1 Å². The van der Waals surface area contributed by atoms with Crippen LogP contribution in [-0.4, -0.2) is 23.1 Å². The standard InChI is InChI=1S/C11H10O4/c1-6-2-3-7-5-9(10(12)13)15-11(14)8(7)4-6/h2-4,9H,5H2,1H3,(H,12,13)/t9-/m1/s1. The first-order valence-electron chi connectivity index (χ1n) is 4.61. The van der Waals surface area contributed by atoms with Gasteiger partial charge in [-0.3, -0.25) is 0 Å². The zero-order valence-electron chi connectivity index (χ0n) is 8.19. The summed E-state index contributed by atoms with van der Waals surface area (Å²) in [5.41, 5.74) is 2.18. The molecule has 1 aromatic rings. The second-order valence-electron chi connectivity index (χ2n) is 3.60. The van der Waals surface area contributed by atoms with Crippen LogP contribution in [0.4, 0.5) is 0 Å². The second-order valence-corrected chi connectivity index (χ2v) is 3.60. The summed E-state index contributed by atoms with van der Waals surface area (Å²) in [6, 6.07) is 5.35. The van der Waals surface area contributed by atoms with Gasteiger partial charge in [-0.1, -0.05) is 17.7 Å². The Balaban J connectivity index is 2.41. The fourth-order valence-electron chi connectivity index (χ4n) is 1.63. The van der Waals surface area contributed by atoms with Gasteiger partial charge in [-0.2, -0.15) is 0 Å². The van der Waals surface area contributed by atoms with Gasteiger partial charge in [0, 0.05) is 6.42 Å². The number of hydrogen-bond acceptors (Lipinski definition) is 3. The van der Waals surface area contributed by atoms with E-state index in [9.17, 15) is 9.59 Å². The van der Waals surface area contributed by atoms with Crippen LogP contribution in [0, 0.1) is 6.92 Å². The maximum absolute atomic E-state index is 11.5. The van der Waals surface area contributed by atoms with Crippen molar-refractivity contribution in [2.24, 2.45) is 0 Å². The van der Waals surface area contributed by atoms with Crippen molar-refractivity contribution in [2.75, 3.05) is 0 Å². The minimum atomic E-state index is -1.10. The molecule has 15 heavy (non-hydrogen) atoms. The average Bonchev–Trinajstić information content (AvgIpc) is 2.18. The van der Waals surface area contributed by atoms with Gasteiger partial charge in [0.15, 0.2) is 0 Å². The van der Waals surface area contributed by atoms with Crippen LogP contribution in [0.3, 0.4) is 0 Å². The summed E-state index contributed by atoms with van der Waals surface area (Å²) >= 11 is 0. The van der Waals surface area contributed by atoms with Gasteiger partial charge in [0.05, 0.1) is 5.56 Å². The molecule has 4 heteroatoms. The highest BCUT2D eigenvalue weighted by molar-refractivity contribution is 5.94.